The van der Waals surface area contributed by atoms with Gasteiger partial charge in [0.2, 0.25) is 0 Å². The summed E-state index contributed by atoms with van der Waals surface area (Å²) < 4.78 is 6.87. The Kier molecular flexibility index (Phi) is 7.63. The van der Waals surface area contributed by atoms with E-state index in [0.29, 0.717) is 39.5 Å². The Hall–Kier alpha value is -4.20. The van der Waals surface area contributed by atoms with Crippen LogP contribution in [0, 0.1) is 0 Å². The number of barbiturate groups is 1. The highest BCUT2D eigenvalue weighted by Gasteiger charge is 2.36. The first-order chi connectivity index (χ1) is 18.8. The van der Waals surface area contributed by atoms with E-state index in [-0.39, 0.29) is 5.57 Å². The predicted molar refractivity (Wildman–Crippen MR) is 157 cm³/mol. The SMILES string of the molecule is C=CCc1cc(/C=C2\C(=O)NC(=O)N(c3ccc(Cl)cc3)C2=O)cc(Br)c1OCc1ccc2ccccc2c1. The summed E-state index contributed by atoms with van der Waals surface area (Å²) in [4.78, 5) is 39.3. The Labute approximate surface area is 238 Å². The molecule has 1 aliphatic heterocycles. The molecule has 4 aromatic carbocycles. The summed E-state index contributed by atoms with van der Waals surface area (Å²) in [5.41, 5.74) is 2.55. The van der Waals surface area contributed by atoms with Crippen LogP contribution in [0.5, 0.6) is 5.75 Å². The van der Waals surface area contributed by atoms with Crippen molar-refractivity contribution in [1.29, 1.82) is 0 Å². The van der Waals surface area contributed by atoms with Gasteiger partial charge in [0.05, 0.1) is 10.2 Å². The summed E-state index contributed by atoms with van der Waals surface area (Å²) in [6.07, 6.45) is 3.71. The summed E-state index contributed by atoms with van der Waals surface area (Å²) in [6, 6.07) is 23.3. The fraction of sp³-hybridized carbons (Fsp3) is 0.0645. The van der Waals surface area contributed by atoms with Crippen LogP contribution in [0.15, 0.2) is 102 Å². The molecule has 4 amide bonds. The number of urea groups is 1. The van der Waals surface area contributed by atoms with E-state index in [0.717, 1.165) is 26.8 Å². The average molecular weight is 602 g/mol. The summed E-state index contributed by atoms with van der Waals surface area (Å²) in [5.74, 6) is -0.861. The monoisotopic (exact) mass is 600 g/mol. The number of amides is 4. The second kappa shape index (κ2) is 11.3. The molecule has 0 radical (unpaired) electrons. The minimum absolute atomic E-state index is 0.175. The summed E-state index contributed by atoms with van der Waals surface area (Å²) in [5, 5.41) is 4.98. The molecular formula is C31H22BrClN2O4. The zero-order valence-electron chi connectivity index (χ0n) is 20.6. The van der Waals surface area contributed by atoms with Crippen molar-refractivity contribution >= 4 is 67.9 Å². The standard InChI is InChI=1S/C31H22BrClN2O4/c1-2-5-23-15-20(16-26-29(36)34-31(38)35(30(26)37)25-12-10-24(33)11-13-25)17-27(32)28(23)39-18-19-8-9-21-6-3-4-7-22(21)14-19/h2-4,6-17H,1,5,18H2,(H,34,36,38)/b26-16+. The van der Waals surface area contributed by atoms with Gasteiger partial charge in [-0.25, -0.2) is 9.69 Å². The Bertz CT molecular complexity index is 1660. The van der Waals surface area contributed by atoms with Crippen molar-refractivity contribution in [3.05, 3.63) is 123 Å². The maximum atomic E-state index is 13.2. The number of imide groups is 2. The van der Waals surface area contributed by atoms with Gasteiger partial charge < -0.3 is 4.74 Å². The number of hydrogen-bond acceptors (Lipinski definition) is 4. The van der Waals surface area contributed by atoms with E-state index in [4.69, 9.17) is 16.3 Å². The molecule has 1 heterocycles. The number of benzene rings is 4. The molecule has 1 N–H and O–H groups in total. The Balaban J connectivity index is 1.44. The van der Waals surface area contributed by atoms with Gasteiger partial charge >= 0.3 is 6.03 Å². The molecule has 0 atom stereocenters. The van der Waals surface area contributed by atoms with Crippen molar-refractivity contribution in [3.8, 4) is 5.75 Å². The van der Waals surface area contributed by atoms with E-state index in [1.165, 1.54) is 18.2 Å². The van der Waals surface area contributed by atoms with Gasteiger partial charge in [-0.3, -0.25) is 14.9 Å². The highest BCUT2D eigenvalue weighted by molar-refractivity contribution is 9.10. The summed E-state index contributed by atoms with van der Waals surface area (Å²) >= 11 is 9.53. The van der Waals surface area contributed by atoms with Gasteiger partial charge in [0, 0.05) is 5.02 Å². The number of nitrogens with zero attached hydrogens (tertiary/aromatic N) is 1. The zero-order valence-corrected chi connectivity index (χ0v) is 23.0. The largest absolute Gasteiger partial charge is 0.487 e. The first kappa shape index (κ1) is 26.4. The van der Waals surface area contributed by atoms with E-state index in [1.54, 1.807) is 24.3 Å². The number of anilines is 1. The highest BCUT2D eigenvalue weighted by Crippen LogP contribution is 2.34. The second-order valence-corrected chi connectivity index (χ2v) is 10.2. The van der Waals surface area contributed by atoms with Gasteiger partial charge in [-0.15, -0.1) is 6.58 Å². The van der Waals surface area contributed by atoms with Crippen molar-refractivity contribution < 1.29 is 19.1 Å². The first-order valence-electron chi connectivity index (χ1n) is 12.0. The molecule has 4 aromatic rings. The number of rotatable bonds is 7. The third-order valence-corrected chi connectivity index (χ3v) is 7.04. The van der Waals surface area contributed by atoms with Crippen molar-refractivity contribution in [2.75, 3.05) is 4.90 Å². The lowest BCUT2D eigenvalue weighted by Gasteiger charge is -2.26. The molecule has 194 valence electrons. The quantitative estimate of drug-likeness (QED) is 0.138. The molecule has 0 aromatic heterocycles. The average Bonchev–Trinajstić information content (AvgIpc) is 2.91. The molecule has 39 heavy (non-hydrogen) atoms. The van der Waals surface area contributed by atoms with Crippen LogP contribution in [0.4, 0.5) is 10.5 Å². The number of allylic oxidation sites excluding steroid dienone is 1. The van der Waals surface area contributed by atoms with Crippen molar-refractivity contribution in [2.45, 2.75) is 13.0 Å². The van der Waals surface area contributed by atoms with Gasteiger partial charge in [0.25, 0.3) is 11.8 Å². The third-order valence-electron chi connectivity index (χ3n) is 6.20. The second-order valence-electron chi connectivity index (χ2n) is 8.89. The molecule has 1 aliphatic rings. The van der Waals surface area contributed by atoms with Crippen molar-refractivity contribution in [3.63, 3.8) is 0 Å². The number of fused-ring (bicyclic) bond motifs is 1. The van der Waals surface area contributed by atoms with E-state index < -0.39 is 17.8 Å². The van der Waals surface area contributed by atoms with Crippen LogP contribution in [0.2, 0.25) is 5.02 Å². The Morgan fingerprint density at radius 3 is 2.44 bits per heavy atom. The van der Waals surface area contributed by atoms with Gasteiger partial charge in [-0.1, -0.05) is 54.1 Å². The molecule has 6 nitrogen and oxygen atoms in total. The summed E-state index contributed by atoms with van der Waals surface area (Å²) in [6.45, 7) is 4.20. The molecule has 5 rings (SSSR count). The Morgan fingerprint density at radius 2 is 1.69 bits per heavy atom. The normalized spacial score (nSPS) is 14.6. The van der Waals surface area contributed by atoms with Crippen LogP contribution >= 0.6 is 27.5 Å². The van der Waals surface area contributed by atoms with E-state index in [9.17, 15) is 14.4 Å². The van der Waals surface area contributed by atoms with Crippen molar-refractivity contribution in [1.82, 2.24) is 5.32 Å². The number of hydrogen-bond donors (Lipinski definition) is 1. The molecular weight excluding hydrogens is 580 g/mol. The summed E-state index contributed by atoms with van der Waals surface area (Å²) in [7, 11) is 0. The van der Waals surface area contributed by atoms with Gasteiger partial charge in [-0.2, -0.15) is 0 Å². The van der Waals surface area contributed by atoms with Crippen LogP contribution in [0.1, 0.15) is 16.7 Å². The minimum Gasteiger partial charge on any atom is -0.487 e. The number of nitrogens with one attached hydrogen (secondary N) is 1. The van der Waals surface area contributed by atoms with Gasteiger partial charge in [0.1, 0.15) is 17.9 Å². The molecule has 8 heteroatoms. The predicted octanol–water partition coefficient (Wildman–Crippen LogP) is 7.23. The lowest BCUT2D eigenvalue weighted by atomic mass is 10.0. The molecule has 1 saturated heterocycles. The smallest absolute Gasteiger partial charge is 0.335 e. The van der Waals surface area contributed by atoms with Crippen LogP contribution in [0.25, 0.3) is 16.8 Å². The molecule has 0 spiro atoms. The lowest BCUT2D eigenvalue weighted by Crippen LogP contribution is -2.54. The first-order valence-corrected chi connectivity index (χ1v) is 13.2. The van der Waals surface area contributed by atoms with Crippen LogP contribution in [-0.4, -0.2) is 17.8 Å². The molecule has 0 unspecified atom stereocenters. The van der Waals surface area contributed by atoms with Gasteiger partial charge in [0.15, 0.2) is 0 Å². The number of ether oxygens (including phenoxy) is 1. The molecule has 0 aliphatic carbocycles. The number of carbonyl (C=O) groups is 3. The maximum absolute atomic E-state index is 13.2. The Morgan fingerprint density at radius 1 is 0.949 bits per heavy atom. The van der Waals surface area contributed by atoms with Crippen LogP contribution in [0.3, 0.4) is 0 Å². The topological polar surface area (TPSA) is 75.7 Å². The van der Waals surface area contributed by atoms with Crippen LogP contribution < -0.4 is 15.0 Å². The van der Waals surface area contributed by atoms with E-state index in [1.807, 2.05) is 24.3 Å². The van der Waals surface area contributed by atoms with E-state index in [2.05, 4.69) is 52.1 Å². The number of halogens is 2. The van der Waals surface area contributed by atoms with E-state index >= 15 is 0 Å². The zero-order chi connectivity index (χ0) is 27.5. The lowest BCUT2D eigenvalue weighted by molar-refractivity contribution is -0.122. The number of carbonyl (C=O) groups excluding carboxylic acids is 3. The molecule has 1 fully saturated rings. The molecule has 0 saturated carbocycles. The minimum atomic E-state index is -0.824. The molecule has 0 bridgehead atoms. The fourth-order valence-corrected chi connectivity index (χ4v) is 5.12. The van der Waals surface area contributed by atoms with Crippen LogP contribution in [-0.2, 0) is 22.6 Å². The highest BCUT2D eigenvalue weighted by atomic mass is 79.9. The fourth-order valence-electron chi connectivity index (χ4n) is 4.36. The third kappa shape index (κ3) is 5.65. The maximum Gasteiger partial charge on any atom is 0.335 e. The van der Waals surface area contributed by atoms with Gasteiger partial charge in [-0.05, 0) is 98.4 Å². The van der Waals surface area contributed by atoms with Crippen molar-refractivity contribution in [2.24, 2.45) is 0 Å².